The van der Waals surface area contributed by atoms with E-state index in [9.17, 15) is 9.59 Å². The van der Waals surface area contributed by atoms with Gasteiger partial charge in [0.05, 0.1) is 5.56 Å². The van der Waals surface area contributed by atoms with E-state index in [-0.39, 0.29) is 11.9 Å². The Kier molecular flexibility index (Phi) is 9.57. The van der Waals surface area contributed by atoms with Crippen LogP contribution in [0.4, 0.5) is 16.2 Å². The zero-order chi connectivity index (χ0) is 23.5. The summed E-state index contributed by atoms with van der Waals surface area (Å²) in [6.07, 6.45) is 2.98. The maximum atomic E-state index is 13.0. The van der Waals surface area contributed by atoms with Crippen molar-refractivity contribution in [3.8, 4) is 0 Å². The smallest absolute Gasteiger partial charge is 0.319 e. The number of urea groups is 1. The highest BCUT2D eigenvalue weighted by molar-refractivity contribution is 6.02. The molecule has 0 radical (unpaired) electrons. The number of rotatable bonds is 10. The van der Waals surface area contributed by atoms with Crippen molar-refractivity contribution < 1.29 is 14.3 Å². The molecule has 3 rings (SSSR count). The summed E-state index contributed by atoms with van der Waals surface area (Å²) in [7, 11) is 0. The van der Waals surface area contributed by atoms with E-state index < -0.39 is 0 Å². The van der Waals surface area contributed by atoms with Gasteiger partial charge in [0, 0.05) is 50.8 Å². The number of nitrogens with zero attached hydrogens (tertiary/aromatic N) is 1. The van der Waals surface area contributed by atoms with Gasteiger partial charge in [0.15, 0.2) is 0 Å². The Morgan fingerprint density at radius 1 is 1.06 bits per heavy atom. The maximum Gasteiger partial charge on any atom is 0.319 e. The molecule has 0 spiro atoms. The second-order valence-electron chi connectivity index (χ2n) is 8.50. The molecular weight excluding hydrogens is 416 g/mol. The van der Waals surface area contributed by atoms with E-state index in [2.05, 4.69) is 27.8 Å². The van der Waals surface area contributed by atoms with E-state index in [1.807, 2.05) is 49.4 Å². The summed E-state index contributed by atoms with van der Waals surface area (Å²) in [5.74, 6) is 0.569. The minimum Gasteiger partial charge on any atom is -0.382 e. The number of nitrogens with one attached hydrogen (secondary N) is 3. The van der Waals surface area contributed by atoms with Crippen LogP contribution in [0.1, 0.15) is 49.0 Å². The molecule has 3 amide bonds. The zero-order valence-electron chi connectivity index (χ0n) is 19.7. The minimum atomic E-state index is -0.304. The normalized spacial score (nSPS) is 14.1. The number of ether oxygens (including phenoxy) is 1. The Balaban J connectivity index is 1.67. The molecule has 0 aromatic heterocycles. The van der Waals surface area contributed by atoms with Gasteiger partial charge in [0.1, 0.15) is 0 Å². The van der Waals surface area contributed by atoms with Crippen LogP contribution >= 0.6 is 0 Å². The van der Waals surface area contributed by atoms with Crippen LogP contribution in [0.25, 0.3) is 0 Å². The molecule has 178 valence electrons. The molecule has 33 heavy (non-hydrogen) atoms. The second-order valence-corrected chi connectivity index (χ2v) is 8.50. The lowest BCUT2D eigenvalue weighted by atomic mass is 9.98. The Morgan fingerprint density at radius 3 is 2.55 bits per heavy atom. The standard InChI is InChI=1S/C26H36N4O3/c1-3-33-17-7-14-27-25(31)23-18-22(10-11-24(23)30-15-12-20(2)13-16-30)29-26(32)28-19-21-8-5-4-6-9-21/h4-6,8-11,18,20H,3,7,12-17,19H2,1-2H3,(H,27,31)(H2,28,29,32). The Bertz CT molecular complexity index is 896. The highest BCUT2D eigenvalue weighted by atomic mass is 16.5. The quantitative estimate of drug-likeness (QED) is 0.467. The van der Waals surface area contributed by atoms with Crippen molar-refractivity contribution in [2.24, 2.45) is 5.92 Å². The van der Waals surface area contributed by atoms with Crippen molar-refractivity contribution >= 4 is 23.3 Å². The molecule has 3 N–H and O–H groups in total. The van der Waals surface area contributed by atoms with Gasteiger partial charge in [0.25, 0.3) is 5.91 Å². The molecule has 1 aliphatic heterocycles. The molecular formula is C26H36N4O3. The lowest BCUT2D eigenvalue weighted by Gasteiger charge is -2.33. The fraction of sp³-hybridized carbons (Fsp3) is 0.462. The lowest BCUT2D eigenvalue weighted by Crippen LogP contribution is -2.35. The number of carbonyl (C=O) groups excluding carboxylic acids is 2. The molecule has 2 aromatic carbocycles. The van der Waals surface area contributed by atoms with E-state index in [4.69, 9.17) is 4.74 Å². The summed E-state index contributed by atoms with van der Waals surface area (Å²) in [5.41, 5.74) is 3.12. The number of carbonyl (C=O) groups is 2. The summed E-state index contributed by atoms with van der Waals surface area (Å²) < 4.78 is 5.35. The Hall–Kier alpha value is -3.06. The van der Waals surface area contributed by atoms with Crippen LogP contribution in [-0.2, 0) is 11.3 Å². The van der Waals surface area contributed by atoms with E-state index in [1.54, 1.807) is 6.07 Å². The van der Waals surface area contributed by atoms with Crippen LogP contribution in [0.3, 0.4) is 0 Å². The predicted molar refractivity (Wildman–Crippen MR) is 133 cm³/mol. The van der Waals surface area contributed by atoms with Crippen molar-refractivity contribution in [3.63, 3.8) is 0 Å². The van der Waals surface area contributed by atoms with E-state index in [0.717, 1.165) is 43.6 Å². The van der Waals surface area contributed by atoms with E-state index in [1.165, 1.54) is 0 Å². The van der Waals surface area contributed by atoms with Gasteiger partial charge in [-0.25, -0.2) is 4.79 Å². The maximum absolute atomic E-state index is 13.0. The Labute approximate surface area is 196 Å². The minimum absolute atomic E-state index is 0.131. The van der Waals surface area contributed by atoms with Crippen LogP contribution in [0, 0.1) is 5.92 Å². The third-order valence-electron chi connectivity index (χ3n) is 5.87. The van der Waals surface area contributed by atoms with Crippen LogP contribution in [0.15, 0.2) is 48.5 Å². The predicted octanol–water partition coefficient (Wildman–Crippen LogP) is 4.40. The number of anilines is 2. The molecule has 0 saturated carbocycles. The van der Waals surface area contributed by atoms with Crippen LogP contribution in [0.2, 0.25) is 0 Å². The first kappa shape index (κ1) is 24.6. The third-order valence-corrected chi connectivity index (χ3v) is 5.87. The monoisotopic (exact) mass is 452 g/mol. The average Bonchev–Trinajstić information content (AvgIpc) is 2.84. The van der Waals surface area contributed by atoms with E-state index in [0.29, 0.717) is 43.5 Å². The van der Waals surface area contributed by atoms with Crippen molar-refractivity contribution in [2.75, 3.05) is 43.1 Å². The molecule has 0 bridgehead atoms. The van der Waals surface area contributed by atoms with Gasteiger partial charge in [-0.3, -0.25) is 4.79 Å². The van der Waals surface area contributed by atoms with Crippen molar-refractivity contribution in [1.82, 2.24) is 10.6 Å². The molecule has 2 aromatic rings. The first-order valence-corrected chi connectivity index (χ1v) is 11.9. The van der Waals surface area contributed by atoms with E-state index >= 15 is 0 Å². The van der Waals surface area contributed by atoms with Gasteiger partial charge in [-0.05, 0) is 55.9 Å². The number of piperidine rings is 1. The molecule has 7 heteroatoms. The molecule has 1 heterocycles. The Morgan fingerprint density at radius 2 is 1.82 bits per heavy atom. The third kappa shape index (κ3) is 7.79. The van der Waals surface area contributed by atoms with Crippen molar-refractivity contribution in [3.05, 3.63) is 59.7 Å². The molecule has 7 nitrogen and oxygen atoms in total. The summed E-state index contributed by atoms with van der Waals surface area (Å²) in [4.78, 5) is 27.7. The number of hydrogen-bond donors (Lipinski definition) is 3. The summed E-state index contributed by atoms with van der Waals surface area (Å²) in [5, 5.41) is 8.72. The van der Waals surface area contributed by atoms with Gasteiger partial charge in [-0.1, -0.05) is 37.3 Å². The molecule has 0 atom stereocenters. The largest absolute Gasteiger partial charge is 0.382 e. The molecule has 0 unspecified atom stereocenters. The summed E-state index contributed by atoms with van der Waals surface area (Å²) >= 11 is 0. The first-order valence-electron chi connectivity index (χ1n) is 11.9. The van der Waals surface area contributed by atoms with Gasteiger partial charge >= 0.3 is 6.03 Å². The zero-order valence-corrected chi connectivity index (χ0v) is 19.7. The molecule has 1 fully saturated rings. The van der Waals surface area contributed by atoms with Gasteiger partial charge < -0.3 is 25.6 Å². The van der Waals surface area contributed by atoms with Crippen LogP contribution < -0.4 is 20.9 Å². The summed E-state index contributed by atoms with van der Waals surface area (Å²) in [6.45, 7) is 8.35. The van der Waals surface area contributed by atoms with Gasteiger partial charge in [0.2, 0.25) is 0 Å². The second kappa shape index (κ2) is 12.8. The van der Waals surface area contributed by atoms with Crippen LogP contribution in [-0.4, -0.2) is 44.8 Å². The number of amides is 3. The SMILES string of the molecule is CCOCCCNC(=O)c1cc(NC(=O)NCc2ccccc2)ccc1N1CCC(C)CC1. The van der Waals surface area contributed by atoms with Crippen molar-refractivity contribution in [2.45, 2.75) is 39.7 Å². The molecule has 1 saturated heterocycles. The number of hydrogen-bond acceptors (Lipinski definition) is 4. The fourth-order valence-electron chi connectivity index (χ4n) is 3.89. The average molecular weight is 453 g/mol. The molecule has 0 aliphatic carbocycles. The van der Waals surface area contributed by atoms with Crippen LogP contribution in [0.5, 0.6) is 0 Å². The number of benzene rings is 2. The highest BCUT2D eigenvalue weighted by Crippen LogP contribution is 2.28. The van der Waals surface area contributed by atoms with Gasteiger partial charge in [-0.2, -0.15) is 0 Å². The van der Waals surface area contributed by atoms with Crippen molar-refractivity contribution in [1.29, 1.82) is 0 Å². The summed E-state index contributed by atoms with van der Waals surface area (Å²) in [6, 6.07) is 15.0. The first-order chi connectivity index (χ1) is 16.1. The lowest BCUT2D eigenvalue weighted by molar-refractivity contribution is 0.0944. The fourth-order valence-corrected chi connectivity index (χ4v) is 3.89. The highest BCUT2D eigenvalue weighted by Gasteiger charge is 2.21. The van der Waals surface area contributed by atoms with Gasteiger partial charge in [-0.15, -0.1) is 0 Å². The topological polar surface area (TPSA) is 82.7 Å². The molecule has 1 aliphatic rings.